The molecule has 2 aromatic heterocycles. The second-order valence-corrected chi connectivity index (χ2v) is 3.91. The maximum atomic E-state index is 11.3. The van der Waals surface area contributed by atoms with Gasteiger partial charge < -0.3 is 11.5 Å². The van der Waals surface area contributed by atoms with Crippen molar-refractivity contribution in [2.45, 2.75) is 0 Å². The van der Waals surface area contributed by atoms with Crippen molar-refractivity contribution in [2.75, 3.05) is 0 Å². The lowest BCUT2D eigenvalue weighted by Crippen LogP contribution is -2.18. The molecule has 0 unspecified atom stereocenters. The van der Waals surface area contributed by atoms with Gasteiger partial charge in [-0.15, -0.1) is 0 Å². The fourth-order valence-corrected chi connectivity index (χ4v) is 1.83. The lowest BCUT2D eigenvalue weighted by Gasteiger charge is -1.86. The molecule has 0 saturated heterocycles. The van der Waals surface area contributed by atoms with Crippen LogP contribution >= 0.6 is 0 Å². The van der Waals surface area contributed by atoms with Crippen LogP contribution in [0.5, 0.6) is 0 Å². The van der Waals surface area contributed by atoms with E-state index >= 15 is 0 Å². The summed E-state index contributed by atoms with van der Waals surface area (Å²) in [4.78, 5) is 58.4. The number of nitrogens with one attached hydrogen (secondary N) is 2. The van der Waals surface area contributed by atoms with Gasteiger partial charge >= 0.3 is 6.03 Å². The molecule has 0 spiro atoms. The highest BCUT2D eigenvalue weighted by Gasteiger charge is 2.12. The molecule has 0 fully saturated rings. The molecule has 1 aromatic carbocycles. The number of amides is 2. The van der Waals surface area contributed by atoms with Gasteiger partial charge in [0.1, 0.15) is 0 Å². The van der Waals surface area contributed by atoms with E-state index in [-0.39, 0.29) is 21.5 Å². The number of aromatic nitrogens is 2. The first-order valence-corrected chi connectivity index (χ1v) is 5.25. The Kier molecular flexibility index (Phi) is 2.95. The second kappa shape index (κ2) is 4.46. The number of benzene rings is 1. The number of carbonyl (C=O) groups excluding carboxylic acids is 1. The summed E-state index contributed by atoms with van der Waals surface area (Å²) >= 11 is 0. The largest absolute Gasteiger partial charge is 0.352 e. The summed E-state index contributed by atoms with van der Waals surface area (Å²) in [5.74, 6) is 0. The maximum absolute atomic E-state index is 11.3. The normalized spacial score (nSPS) is 10.4. The van der Waals surface area contributed by atoms with Gasteiger partial charge in [-0.25, -0.2) is 4.79 Å². The summed E-state index contributed by atoms with van der Waals surface area (Å²) in [6, 6.07) is 1.70. The van der Waals surface area contributed by atoms with Gasteiger partial charge in [0, 0.05) is 0 Å². The number of carbonyl (C=O) groups is 1. The van der Waals surface area contributed by atoms with Crippen LogP contribution in [0.4, 0.5) is 4.79 Å². The van der Waals surface area contributed by atoms with Crippen molar-refractivity contribution in [1.82, 2.24) is 9.97 Å². The van der Waals surface area contributed by atoms with Crippen LogP contribution in [0.1, 0.15) is 0 Å². The van der Waals surface area contributed by atoms with Crippen LogP contribution in [0, 0.1) is 0 Å². The quantitative estimate of drug-likeness (QED) is 0.371. The van der Waals surface area contributed by atoms with Crippen LogP contribution < -0.4 is 33.7 Å². The Bertz CT molecular complexity index is 869. The first-order valence-electron chi connectivity index (χ1n) is 5.25. The molecule has 9 heteroatoms. The van der Waals surface area contributed by atoms with Crippen molar-refractivity contribution in [1.29, 1.82) is 0 Å². The molecule has 0 aliphatic heterocycles. The molecule has 0 radical (unpaired) electrons. The lowest BCUT2D eigenvalue weighted by atomic mass is 10.1. The van der Waals surface area contributed by atoms with E-state index in [9.17, 15) is 19.2 Å². The third-order valence-corrected chi connectivity index (χ3v) is 2.59. The Morgan fingerprint density at radius 1 is 0.700 bits per heavy atom. The van der Waals surface area contributed by atoms with E-state index in [1.165, 1.54) is 12.1 Å². The topological polar surface area (TPSA) is 169 Å². The Morgan fingerprint density at radius 2 is 0.900 bits per heavy atom. The fraction of sp³-hybridized carbons (Fsp3) is 0. The average molecular weight is 276 g/mol. The molecule has 2 heterocycles. The Balaban J connectivity index is 0.000000328. The van der Waals surface area contributed by atoms with E-state index in [4.69, 9.17) is 4.79 Å². The standard InChI is InChI=1S/C10H4N2O4.CH4N2O/c13-7-3-1-4-6(10(16)12-8(4)14)2-5(3)9(15)11-7;2-1(3)4/h1-2H,(H,11,13,15)(H,12,14,16);(H4,2,3,4). The van der Waals surface area contributed by atoms with Gasteiger partial charge in [-0.1, -0.05) is 0 Å². The molecule has 6 N–H and O–H groups in total. The van der Waals surface area contributed by atoms with Gasteiger partial charge in [0.05, 0.1) is 21.5 Å². The van der Waals surface area contributed by atoms with Gasteiger partial charge in [-0.05, 0) is 12.1 Å². The van der Waals surface area contributed by atoms with Crippen molar-refractivity contribution in [3.8, 4) is 0 Å². The van der Waals surface area contributed by atoms with Crippen molar-refractivity contribution in [3.05, 3.63) is 53.5 Å². The summed E-state index contributed by atoms with van der Waals surface area (Å²) in [5, 5.41) is 0.532. The number of urea groups is 1. The van der Waals surface area contributed by atoms with Crippen LogP contribution in [0.2, 0.25) is 0 Å². The maximum Gasteiger partial charge on any atom is 0.309 e. The average Bonchev–Trinajstić information content (AvgIpc) is 2.77. The number of hydrogen-bond donors (Lipinski definition) is 4. The summed E-state index contributed by atoms with van der Waals surface area (Å²) in [6.07, 6.45) is 0. The summed E-state index contributed by atoms with van der Waals surface area (Å²) < 4.78 is 0. The molecule has 0 saturated carbocycles. The Morgan fingerprint density at radius 3 is 1.10 bits per heavy atom. The third kappa shape index (κ3) is 2.07. The molecule has 3 rings (SSSR count). The van der Waals surface area contributed by atoms with Crippen LogP contribution in [0.3, 0.4) is 0 Å². The highest BCUT2D eigenvalue weighted by Crippen LogP contribution is 2.12. The molecule has 0 atom stereocenters. The second-order valence-electron chi connectivity index (χ2n) is 3.91. The van der Waals surface area contributed by atoms with Gasteiger partial charge in [0.2, 0.25) is 0 Å². The van der Waals surface area contributed by atoms with Crippen LogP contribution in [-0.4, -0.2) is 16.0 Å². The molecule has 0 bridgehead atoms. The highest BCUT2D eigenvalue weighted by atomic mass is 16.2. The SMILES string of the molecule is NC(N)=O.O=c1[nH]c(=O)c2cc3c(=O)[nH]c(=O)c3cc12. The van der Waals surface area contributed by atoms with Crippen molar-refractivity contribution >= 4 is 27.6 Å². The molecule has 3 aromatic rings. The van der Waals surface area contributed by atoms with E-state index in [1.54, 1.807) is 0 Å². The predicted octanol–water partition coefficient (Wildman–Crippen LogP) is -2.01. The van der Waals surface area contributed by atoms with Crippen molar-refractivity contribution in [3.63, 3.8) is 0 Å². The van der Waals surface area contributed by atoms with Crippen molar-refractivity contribution < 1.29 is 4.79 Å². The number of hydrogen-bond acceptors (Lipinski definition) is 5. The molecule has 0 aliphatic rings. The molecule has 102 valence electrons. The van der Waals surface area contributed by atoms with E-state index in [0.717, 1.165) is 0 Å². The summed E-state index contributed by atoms with van der Waals surface area (Å²) in [7, 11) is 0. The minimum absolute atomic E-state index is 0.133. The number of aromatic amines is 2. The number of primary amides is 2. The van der Waals surface area contributed by atoms with Crippen LogP contribution in [0.15, 0.2) is 31.3 Å². The molecule has 20 heavy (non-hydrogen) atoms. The number of fused-ring (bicyclic) bond motifs is 2. The van der Waals surface area contributed by atoms with Gasteiger partial charge in [0.25, 0.3) is 22.2 Å². The van der Waals surface area contributed by atoms with Crippen molar-refractivity contribution in [2.24, 2.45) is 11.5 Å². The first kappa shape index (κ1) is 13.2. The monoisotopic (exact) mass is 276 g/mol. The zero-order valence-electron chi connectivity index (χ0n) is 9.85. The predicted molar refractivity (Wildman–Crippen MR) is 71.4 cm³/mol. The lowest BCUT2D eigenvalue weighted by molar-refractivity contribution is 0.256. The van der Waals surface area contributed by atoms with Crippen LogP contribution in [-0.2, 0) is 0 Å². The van der Waals surface area contributed by atoms with E-state index < -0.39 is 28.3 Å². The molecular formula is C11H8N4O5. The first-order chi connectivity index (χ1) is 9.31. The molecular weight excluding hydrogens is 268 g/mol. The highest BCUT2D eigenvalue weighted by molar-refractivity contribution is 5.97. The minimum atomic E-state index is -0.833. The minimum Gasteiger partial charge on any atom is -0.352 e. The summed E-state index contributed by atoms with van der Waals surface area (Å²) in [5.41, 5.74) is 6.31. The van der Waals surface area contributed by atoms with Gasteiger partial charge in [-0.2, -0.15) is 0 Å². The van der Waals surface area contributed by atoms with E-state index in [2.05, 4.69) is 21.4 Å². The fourth-order valence-electron chi connectivity index (χ4n) is 1.83. The smallest absolute Gasteiger partial charge is 0.309 e. The third-order valence-electron chi connectivity index (χ3n) is 2.59. The number of H-pyrrole nitrogens is 2. The van der Waals surface area contributed by atoms with E-state index in [0.29, 0.717) is 0 Å². The Hall–Kier alpha value is -3.23. The summed E-state index contributed by atoms with van der Waals surface area (Å²) in [6.45, 7) is 0. The van der Waals surface area contributed by atoms with Gasteiger partial charge in [-0.3, -0.25) is 29.1 Å². The van der Waals surface area contributed by atoms with Gasteiger partial charge in [0.15, 0.2) is 0 Å². The molecule has 0 aliphatic carbocycles. The molecule has 2 amide bonds. The number of nitrogens with two attached hydrogens (primary N) is 2. The zero-order valence-corrected chi connectivity index (χ0v) is 9.85. The van der Waals surface area contributed by atoms with E-state index in [1.807, 2.05) is 0 Å². The molecule has 9 nitrogen and oxygen atoms in total. The number of rotatable bonds is 0. The zero-order chi connectivity index (χ0) is 15.0. The Labute approximate surface area is 108 Å². The van der Waals surface area contributed by atoms with Crippen LogP contribution in [0.25, 0.3) is 21.5 Å².